The van der Waals surface area contributed by atoms with E-state index in [1.165, 1.54) is 4.90 Å². The molecule has 2 aromatic heterocycles. The topological polar surface area (TPSA) is 102 Å². The first-order valence-corrected chi connectivity index (χ1v) is 11.4. The maximum Gasteiger partial charge on any atom is 0.251 e. The molecule has 9 heteroatoms. The molecule has 2 heterocycles. The molecule has 35 heavy (non-hydrogen) atoms. The van der Waals surface area contributed by atoms with E-state index >= 15 is 0 Å². The predicted octanol–water partition coefficient (Wildman–Crippen LogP) is 3.49. The van der Waals surface area contributed by atoms with Crippen LogP contribution in [0.1, 0.15) is 28.7 Å². The average molecular weight is 476 g/mol. The molecule has 0 bridgehead atoms. The van der Waals surface area contributed by atoms with Crippen molar-refractivity contribution in [1.82, 2.24) is 20.3 Å². The quantitative estimate of drug-likeness (QED) is 0.372. The summed E-state index contributed by atoms with van der Waals surface area (Å²) in [6.45, 7) is 6.25. The van der Waals surface area contributed by atoms with E-state index in [4.69, 9.17) is 9.15 Å². The number of aryl methyl sites for hydroxylation is 2. The lowest BCUT2D eigenvalue weighted by Gasteiger charge is -2.31. The van der Waals surface area contributed by atoms with Gasteiger partial charge in [-0.2, -0.15) is 0 Å². The van der Waals surface area contributed by atoms with Crippen molar-refractivity contribution in [3.63, 3.8) is 0 Å². The molecule has 0 fully saturated rings. The number of fused-ring (bicyclic) bond motifs is 1. The van der Waals surface area contributed by atoms with Crippen molar-refractivity contribution in [2.45, 2.75) is 33.4 Å². The number of nitrogens with one attached hydrogen (secondary N) is 1. The largest absolute Gasteiger partial charge is 0.464 e. The van der Waals surface area contributed by atoms with Crippen LogP contribution in [0.5, 0.6) is 0 Å². The zero-order valence-electron chi connectivity index (χ0n) is 20.3. The molecule has 0 spiro atoms. The number of aromatic nitrogens is 3. The van der Waals surface area contributed by atoms with Crippen molar-refractivity contribution in [3.8, 4) is 0 Å². The first kappa shape index (κ1) is 24.2. The molecular weight excluding hydrogens is 446 g/mol. The number of hydrogen-bond donors (Lipinski definition) is 1. The summed E-state index contributed by atoms with van der Waals surface area (Å²) in [4.78, 5) is 29.0. The third-order valence-electron chi connectivity index (χ3n) is 5.95. The maximum atomic E-state index is 14.0. The highest BCUT2D eigenvalue weighted by molar-refractivity contribution is 6.02. The summed E-state index contributed by atoms with van der Waals surface area (Å²) in [5.41, 5.74) is 3.94. The fourth-order valence-corrected chi connectivity index (χ4v) is 4.00. The number of carbonyl (C=O) groups is 2. The predicted molar refractivity (Wildman–Crippen MR) is 132 cm³/mol. The van der Waals surface area contributed by atoms with E-state index in [2.05, 4.69) is 15.6 Å². The number of carbonyl (C=O) groups excluding carboxylic acids is 2. The van der Waals surface area contributed by atoms with Crippen molar-refractivity contribution >= 4 is 28.5 Å². The zero-order valence-corrected chi connectivity index (χ0v) is 20.3. The van der Waals surface area contributed by atoms with Crippen LogP contribution in [-0.4, -0.2) is 47.1 Å². The molecule has 0 aliphatic heterocycles. The third-order valence-corrected chi connectivity index (χ3v) is 5.95. The van der Waals surface area contributed by atoms with Gasteiger partial charge in [0, 0.05) is 19.3 Å². The number of ether oxygens (including phenoxy) is 1. The van der Waals surface area contributed by atoms with Crippen molar-refractivity contribution < 1.29 is 18.7 Å². The van der Waals surface area contributed by atoms with E-state index in [1.54, 1.807) is 30.8 Å². The van der Waals surface area contributed by atoms with Crippen LogP contribution in [-0.2, 0) is 20.9 Å². The number of anilines is 1. The van der Waals surface area contributed by atoms with Gasteiger partial charge in [-0.05, 0) is 62.2 Å². The summed E-state index contributed by atoms with van der Waals surface area (Å²) in [7, 11) is 1.56. The van der Waals surface area contributed by atoms with Crippen LogP contribution in [0.3, 0.4) is 0 Å². The molecule has 0 aliphatic rings. The van der Waals surface area contributed by atoms with Gasteiger partial charge in [0.25, 0.3) is 5.91 Å². The number of furan rings is 1. The number of benzene rings is 2. The van der Waals surface area contributed by atoms with Crippen LogP contribution in [0.25, 0.3) is 11.0 Å². The number of amides is 2. The van der Waals surface area contributed by atoms with Crippen LogP contribution >= 0.6 is 0 Å². The van der Waals surface area contributed by atoms with E-state index in [9.17, 15) is 9.59 Å². The molecule has 4 aromatic rings. The number of para-hydroxylation sites is 1. The van der Waals surface area contributed by atoms with Crippen LogP contribution in [0, 0.1) is 20.8 Å². The van der Waals surface area contributed by atoms with E-state index in [0.717, 1.165) is 16.6 Å². The van der Waals surface area contributed by atoms with E-state index in [-0.39, 0.29) is 18.4 Å². The third kappa shape index (κ3) is 5.09. The molecule has 0 saturated heterocycles. The summed E-state index contributed by atoms with van der Waals surface area (Å²) in [5.74, 6) is 0.324. The van der Waals surface area contributed by atoms with Gasteiger partial charge >= 0.3 is 0 Å². The van der Waals surface area contributed by atoms with Crippen molar-refractivity contribution in [2.24, 2.45) is 0 Å². The zero-order chi connectivity index (χ0) is 24.9. The lowest BCUT2D eigenvalue weighted by molar-refractivity contribution is -0.127. The van der Waals surface area contributed by atoms with Gasteiger partial charge in [-0.15, -0.1) is 5.10 Å². The Labute approximate surface area is 203 Å². The molecule has 182 valence electrons. The van der Waals surface area contributed by atoms with Gasteiger partial charge in [0.2, 0.25) is 5.91 Å². The molecule has 1 unspecified atom stereocenters. The first-order valence-electron chi connectivity index (χ1n) is 11.4. The SMILES string of the molecule is COCCNC(=O)C(c1ccc(C)o1)N(C(=O)Cn1nnc2ccccc21)c1cccc(C)c1C. The smallest absolute Gasteiger partial charge is 0.251 e. The molecule has 0 aliphatic carbocycles. The highest BCUT2D eigenvalue weighted by atomic mass is 16.5. The lowest BCUT2D eigenvalue weighted by Crippen LogP contribution is -2.46. The highest BCUT2D eigenvalue weighted by Gasteiger charge is 2.36. The minimum Gasteiger partial charge on any atom is -0.464 e. The second kappa shape index (κ2) is 10.5. The van der Waals surface area contributed by atoms with Gasteiger partial charge in [0.05, 0.1) is 12.1 Å². The fraction of sp³-hybridized carbons (Fsp3) is 0.308. The molecule has 0 radical (unpaired) electrons. The van der Waals surface area contributed by atoms with Crippen molar-refractivity contribution in [3.05, 3.63) is 77.2 Å². The number of hydrogen-bond acceptors (Lipinski definition) is 6. The summed E-state index contributed by atoms with van der Waals surface area (Å²) < 4.78 is 12.5. The number of methoxy groups -OCH3 is 1. The monoisotopic (exact) mass is 475 g/mol. The molecule has 4 rings (SSSR count). The lowest BCUT2D eigenvalue weighted by atomic mass is 10.0. The Morgan fingerprint density at radius 3 is 2.63 bits per heavy atom. The standard InChI is InChI=1S/C26H29N5O4/c1-17-8-7-11-21(19(17)3)31(24(32)16-30-22-10-6-5-9-20(22)28-29-30)25(23-13-12-18(2)35-23)26(33)27-14-15-34-4/h5-13,25H,14-16H2,1-4H3,(H,27,33). The maximum absolute atomic E-state index is 14.0. The highest BCUT2D eigenvalue weighted by Crippen LogP contribution is 2.33. The van der Waals surface area contributed by atoms with Crippen LogP contribution < -0.4 is 10.2 Å². The number of rotatable bonds is 9. The average Bonchev–Trinajstić information content (AvgIpc) is 3.45. The Morgan fingerprint density at radius 2 is 1.89 bits per heavy atom. The van der Waals surface area contributed by atoms with Gasteiger partial charge in [0.1, 0.15) is 23.6 Å². The summed E-state index contributed by atoms with van der Waals surface area (Å²) in [6, 6.07) is 15.6. The Balaban J connectivity index is 1.80. The van der Waals surface area contributed by atoms with Gasteiger partial charge in [-0.3, -0.25) is 14.5 Å². The van der Waals surface area contributed by atoms with Crippen LogP contribution in [0.15, 0.2) is 59.0 Å². The molecule has 1 N–H and O–H groups in total. The van der Waals surface area contributed by atoms with E-state index in [1.807, 2.05) is 56.3 Å². The Morgan fingerprint density at radius 1 is 1.09 bits per heavy atom. The minimum absolute atomic E-state index is 0.102. The molecule has 2 amide bonds. The van der Waals surface area contributed by atoms with Gasteiger partial charge in [0.15, 0.2) is 6.04 Å². The summed E-state index contributed by atoms with van der Waals surface area (Å²) in [6.07, 6.45) is 0. The Bertz CT molecular complexity index is 1340. The van der Waals surface area contributed by atoms with Gasteiger partial charge in [-0.1, -0.05) is 29.5 Å². The van der Waals surface area contributed by atoms with Gasteiger partial charge in [-0.25, -0.2) is 4.68 Å². The Kier molecular flexibility index (Phi) is 7.26. The Hall–Kier alpha value is -3.98. The normalized spacial score (nSPS) is 12.0. The van der Waals surface area contributed by atoms with E-state index < -0.39 is 6.04 Å². The van der Waals surface area contributed by atoms with Crippen molar-refractivity contribution in [1.29, 1.82) is 0 Å². The van der Waals surface area contributed by atoms with E-state index in [0.29, 0.717) is 35.9 Å². The minimum atomic E-state index is -1.02. The summed E-state index contributed by atoms with van der Waals surface area (Å²) >= 11 is 0. The fourth-order valence-electron chi connectivity index (χ4n) is 4.00. The number of nitrogens with zero attached hydrogens (tertiary/aromatic N) is 4. The first-order chi connectivity index (χ1) is 16.9. The second-order valence-electron chi connectivity index (χ2n) is 8.35. The molecular formula is C26H29N5O4. The van der Waals surface area contributed by atoms with Gasteiger partial charge < -0.3 is 14.5 Å². The molecule has 2 aromatic carbocycles. The summed E-state index contributed by atoms with van der Waals surface area (Å²) in [5, 5.41) is 11.2. The molecule has 9 nitrogen and oxygen atoms in total. The van der Waals surface area contributed by atoms with Crippen LogP contribution in [0.4, 0.5) is 5.69 Å². The molecule has 1 atom stereocenters. The van der Waals surface area contributed by atoms with Crippen LogP contribution in [0.2, 0.25) is 0 Å². The molecule has 0 saturated carbocycles. The van der Waals surface area contributed by atoms with Crippen molar-refractivity contribution in [2.75, 3.05) is 25.2 Å². The second-order valence-corrected chi connectivity index (χ2v) is 8.35.